The van der Waals surface area contributed by atoms with Gasteiger partial charge in [0.25, 0.3) is 0 Å². The zero-order valence-electron chi connectivity index (χ0n) is 15.6. The lowest BCUT2D eigenvalue weighted by molar-refractivity contribution is -0.116. The van der Waals surface area contributed by atoms with Gasteiger partial charge in [0.15, 0.2) is 11.6 Å². The summed E-state index contributed by atoms with van der Waals surface area (Å²) in [6, 6.07) is 1.14. The molecule has 1 aromatic rings. The van der Waals surface area contributed by atoms with E-state index in [0.29, 0.717) is 29.7 Å². The molecule has 2 aliphatic carbocycles. The fourth-order valence-electron chi connectivity index (χ4n) is 3.34. The number of nitrogens with zero attached hydrogens (tertiary/aromatic N) is 2. The summed E-state index contributed by atoms with van der Waals surface area (Å²) in [6.07, 6.45) is 4.85. The van der Waals surface area contributed by atoms with Gasteiger partial charge in [-0.05, 0) is 43.7 Å². The van der Waals surface area contributed by atoms with Gasteiger partial charge >= 0.3 is 0 Å². The number of ketones is 2. The molecule has 0 aliphatic heterocycles. The summed E-state index contributed by atoms with van der Waals surface area (Å²) in [4.78, 5) is 32.2. The Morgan fingerprint density at radius 2 is 2.04 bits per heavy atom. The molecule has 0 N–H and O–H groups in total. The second-order valence-electron chi connectivity index (χ2n) is 7.12. The van der Waals surface area contributed by atoms with Crippen molar-refractivity contribution in [3.8, 4) is 0 Å². The van der Waals surface area contributed by atoms with Crippen molar-refractivity contribution in [2.45, 2.75) is 32.1 Å². The number of halogens is 2. The van der Waals surface area contributed by atoms with E-state index in [1.54, 1.807) is 19.0 Å². The van der Waals surface area contributed by atoms with Gasteiger partial charge in [-0.15, -0.1) is 0 Å². The first kappa shape index (κ1) is 19.5. The molecule has 3 rings (SSSR count). The molecule has 0 aromatic heterocycles. The topological polar surface area (TPSA) is 59.0 Å². The molecule has 144 valence electrons. The molecule has 1 aromatic carbocycles. The Balaban J connectivity index is 2.12. The van der Waals surface area contributed by atoms with E-state index in [2.05, 4.69) is 5.16 Å². The number of oxime groups is 1. The summed E-state index contributed by atoms with van der Waals surface area (Å²) >= 11 is 6.53. The molecule has 0 unspecified atom stereocenters. The molecule has 0 saturated heterocycles. The van der Waals surface area contributed by atoms with Gasteiger partial charge in [0.1, 0.15) is 12.9 Å². The molecule has 7 heteroatoms. The first-order valence-electron chi connectivity index (χ1n) is 8.93. The number of hydrogen-bond donors (Lipinski definition) is 0. The largest absolute Gasteiger partial charge is 0.399 e. The van der Waals surface area contributed by atoms with E-state index in [0.717, 1.165) is 25.3 Å². The van der Waals surface area contributed by atoms with Crippen LogP contribution in [0.2, 0.25) is 5.02 Å². The average Bonchev–Trinajstić information content (AvgIpc) is 3.47. The van der Waals surface area contributed by atoms with Crippen LogP contribution in [0.15, 0.2) is 23.0 Å². The molecule has 1 saturated carbocycles. The fourth-order valence-corrected chi connectivity index (χ4v) is 3.70. The number of carbonyl (C=O) groups is 2. The summed E-state index contributed by atoms with van der Waals surface area (Å²) in [7, 11) is 4.87. The monoisotopic (exact) mass is 392 g/mol. The van der Waals surface area contributed by atoms with Gasteiger partial charge in [0.2, 0.25) is 0 Å². The number of rotatable bonds is 6. The SMILES string of the molecule is CO/N=C1/CCCc2c(F)cc(C(=O)/C(=C/N(C)C)C(=O)C3CC3)c(Cl)c21. The Morgan fingerprint density at radius 1 is 1.33 bits per heavy atom. The third-order valence-electron chi connectivity index (χ3n) is 4.74. The summed E-state index contributed by atoms with van der Waals surface area (Å²) in [6.45, 7) is 0. The lowest BCUT2D eigenvalue weighted by Crippen LogP contribution is -2.21. The first-order valence-corrected chi connectivity index (χ1v) is 9.31. The zero-order valence-corrected chi connectivity index (χ0v) is 16.4. The van der Waals surface area contributed by atoms with Crippen molar-refractivity contribution < 1.29 is 18.8 Å². The highest BCUT2D eigenvalue weighted by molar-refractivity contribution is 6.40. The van der Waals surface area contributed by atoms with E-state index >= 15 is 0 Å². The number of hydrogen-bond acceptors (Lipinski definition) is 5. The van der Waals surface area contributed by atoms with Crippen molar-refractivity contribution in [2.75, 3.05) is 21.2 Å². The molecular formula is C20H22ClFN2O3. The molecular weight excluding hydrogens is 371 g/mol. The van der Waals surface area contributed by atoms with E-state index < -0.39 is 11.6 Å². The van der Waals surface area contributed by atoms with Crippen LogP contribution in [0.1, 0.15) is 47.2 Å². The van der Waals surface area contributed by atoms with Gasteiger partial charge in [-0.1, -0.05) is 16.8 Å². The lowest BCUT2D eigenvalue weighted by Gasteiger charge is -2.21. The van der Waals surface area contributed by atoms with Gasteiger partial charge in [-0.3, -0.25) is 9.59 Å². The number of fused-ring (bicyclic) bond motifs is 1. The van der Waals surface area contributed by atoms with Crippen molar-refractivity contribution in [1.29, 1.82) is 0 Å². The van der Waals surface area contributed by atoms with E-state index in [-0.39, 0.29) is 27.9 Å². The lowest BCUT2D eigenvalue weighted by atomic mass is 9.86. The molecule has 1 fully saturated rings. The van der Waals surface area contributed by atoms with E-state index in [4.69, 9.17) is 16.4 Å². The Labute approximate surface area is 162 Å². The summed E-state index contributed by atoms with van der Waals surface area (Å²) < 4.78 is 14.8. The average molecular weight is 393 g/mol. The van der Waals surface area contributed by atoms with Gasteiger partial charge in [-0.2, -0.15) is 0 Å². The minimum Gasteiger partial charge on any atom is -0.399 e. The molecule has 0 radical (unpaired) electrons. The third kappa shape index (κ3) is 3.90. The molecule has 0 spiro atoms. The molecule has 0 bridgehead atoms. The first-order chi connectivity index (χ1) is 12.8. The van der Waals surface area contributed by atoms with Crippen molar-refractivity contribution in [2.24, 2.45) is 11.1 Å². The maximum Gasteiger partial charge on any atom is 0.199 e. The van der Waals surface area contributed by atoms with E-state index in [9.17, 15) is 14.0 Å². The predicted octanol–water partition coefficient (Wildman–Crippen LogP) is 3.77. The normalized spacial score (nSPS) is 18.3. The summed E-state index contributed by atoms with van der Waals surface area (Å²) in [5, 5.41) is 4.08. The van der Waals surface area contributed by atoms with Crippen molar-refractivity contribution in [3.05, 3.63) is 45.4 Å². The Kier molecular flexibility index (Phi) is 5.65. The molecule has 0 heterocycles. The molecule has 5 nitrogen and oxygen atoms in total. The van der Waals surface area contributed by atoms with Crippen molar-refractivity contribution >= 4 is 28.9 Å². The standard InChI is InChI=1S/C20H22ClFN2O3/c1-24(2)10-14(19(25)11-7-8-11)20(26)13-9-15(22)12-5-4-6-16(23-27-3)17(12)18(13)21/h9-11H,4-8H2,1-3H3/b14-10+,23-16-. The van der Waals surface area contributed by atoms with Crippen LogP contribution >= 0.6 is 11.6 Å². The molecule has 0 atom stereocenters. The molecule has 2 aliphatic rings. The third-order valence-corrected chi connectivity index (χ3v) is 5.13. The number of allylic oxidation sites excluding steroid dienone is 1. The highest BCUT2D eigenvalue weighted by atomic mass is 35.5. The highest BCUT2D eigenvalue weighted by Gasteiger charge is 2.36. The van der Waals surface area contributed by atoms with Crippen LogP contribution in [0.3, 0.4) is 0 Å². The van der Waals surface area contributed by atoms with E-state index in [1.807, 2.05) is 0 Å². The Hall–Kier alpha value is -2.21. The number of carbonyl (C=O) groups excluding carboxylic acids is 2. The Morgan fingerprint density at radius 3 is 2.63 bits per heavy atom. The van der Waals surface area contributed by atoms with Crippen LogP contribution in [0, 0.1) is 11.7 Å². The predicted molar refractivity (Wildman–Crippen MR) is 102 cm³/mol. The van der Waals surface area contributed by atoms with E-state index in [1.165, 1.54) is 13.3 Å². The van der Waals surface area contributed by atoms with Crippen molar-refractivity contribution in [3.63, 3.8) is 0 Å². The van der Waals surface area contributed by atoms with Gasteiger partial charge in [0.05, 0.1) is 16.3 Å². The van der Waals surface area contributed by atoms with Gasteiger partial charge < -0.3 is 9.74 Å². The van der Waals surface area contributed by atoms with Crippen LogP contribution < -0.4 is 0 Å². The minimum atomic E-state index is -0.561. The number of Topliss-reactive ketones (excluding diaryl/α,β-unsaturated/α-hetero) is 2. The van der Waals surface area contributed by atoms with Gasteiger partial charge in [0, 0.05) is 37.3 Å². The quantitative estimate of drug-likeness (QED) is 0.243. The maximum atomic E-state index is 14.8. The van der Waals surface area contributed by atoms with Crippen LogP contribution in [0.4, 0.5) is 4.39 Å². The van der Waals surface area contributed by atoms with Crippen LogP contribution in [-0.2, 0) is 16.1 Å². The second-order valence-corrected chi connectivity index (χ2v) is 7.50. The number of benzene rings is 1. The van der Waals surface area contributed by atoms with Gasteiger partial charge in [-0.25, -0.2) is 4.39 Å². The zero-order chi connectivity index (χ0) is 19.7. The molecule has 0 amide bonds. The molecule has 27 heavy (non-hydrogen) atoms. The smallest absolute Gasteiger partial charge is 0.199 e. The van der Waals surface area contributed by atoms with Crippen LogP contribution in [-0.4, -0.2) is 43.4 Å². The summed E-state index contributed by atoms with van der Waals surface area (Å²) in [5.74, 6) is -1.42. The highest BCUT2D eigenvalue weighted by Crippen LogP contribution is 2.37. The van der Waals surface area contributed by atoms with Crippen LogP contribution in [0.5, 0.6) is 0 Å². The van der Waals surface area contributed by atoms with Crippen molar-refractivity contribution in [1.82, 2.24) is 4.90 Å². The maximum absolute atomic E-state index is 14.8. The second kappa shape index (κ2) is 7.80. The van der Waals surface area contributed by atoms with Crippen LogP contribution in [0.25, 0.3) is 0 Å². The summed E-state index contributed by atoms with van der Waals surface area (Å²) in [5.41, 5.74) is 1.39. The Bertz CT molecular complexity index is 857. The minimum absolute atomic E-state index is 0.0132. The fraction of sp³-hybridized carbons (Fsp3) is 0.450.